The molecule has 0 spiro atoms. The van der Waals surface area contributed by atoms with E-state index < -0.39 is 0 Å². The number of nitrogens with zero attached hydrogens (tertiary/aromatic N) is 1. The SMILES string of the molecule is CCCN1C(=O)CC(N)C1c1ccc(C)c(Br)c1. The number of aryl methyl sites for hydroxylation is 1. The molecule has 1 aliphatic heterocycles. The zero-order valence-corrected chi connectivity index (χ0v) is 12.4. The van der Waals surface area contributed by atoms with E-state index in [1.54, 1.807) is 0 Å². The largest absolute Gasteiger partial charge is 0.334 e. The van der Waals surface area contributed by atoms with Crippen LogP contribution in [0.5, 0.6) is 0 Å². The van der Waals surface area contributed by atoms with Gasteiger partial charge in [0.1, 0.15) is 0 Å². The van der Waals surface area contributed by atoms with E-state index in [1.165, 1.54) is 5.56 Å². The number of carbonyl (C=O) groups excluding carboxylic acids is 1. The second kappa shape index (κ2) is 5.41. The highest BCUT2D eigenvalue weighted by molar-refractivity contribution is 9.10. The predicted molar refractivity (Wildman–Crippen MR) is 76.2 cm³/mol. The van der Waals surface area contributed by atoms with Crippen molar-refractivity contribution in [1.29, 1.82) is 0 Å². The van der Waals surface area contributed by atoms with Crippen molar-refractivity contribution in [3.05, 3.63) is 33.8 Å². The summed E-state index contributed by atoms with van der Waals surface area (Å²) in [6.45, 7) is 4.92. The molecule has 0 radical (unpaired) electrons. The first kappa shape index (κ1) is 13.6. The van der Waals surface area contributed by atoms with Gasteiger partial charge in [-0.2, -0.15) is 0 Å². The molecular formula is C14H19BrN2O. The molecule has 1 aromatic carbocycles. The highest BCUT2D eigenvalue weighted by atomic mass is 79.9. The number of benzene rings is 1. The molecule has 2 N–H and O–H groups in total. The molecule has 0 aliphatic carbocycles. The molecule has 1 heterocycles. The minimum Gasteiger partial charge on any atom is -0.334 e. The van der Waals surface area contributed by atoms with Crippen LogP contribution in [-0.4, -0.2) is 23.4 Å². The number of amides is 1. The van der Waals surface area contributed by atoms with Crippen LogP contribution < -0.4 is 5.73 Å². The van der Waals surface area contributed by atoms with Crippen molar-refractivity contribution in [2.24, 2.45) is 5.73 Å². The lowest BCUT2D eigenvalue weighted by Crippen LogP contribution is -2.33. The number of rotatable bonds is 3. The van der Waals surface area contributed by atoms with Crippen LogP contribution in [0.2, 0.25) is 0 Å². The third-order valence-electron chi connectivity index (χ3n) is 3.47. The molecule has 2 rings (SSSR count). The van der Waals surface area contributed by atoms with E-state index in [4.69, 9.17) is 5.73 Å². The van der Waals surface area contributed by atoms with E-state index in [9.17, 15) is 4.79 Å². The summed E-state index contributed by atoms with van der Waals surface area (Å²) in [6, 6.07) is 6.15. The fourth-order valence-corrected chi connectivity index (χ4v) is 2.94. The molecule has 1 fully saturated rings. The summed E-state index contributed by atoms with van der Waals surface area (Å²) in [5, 5.41) is 0. The molecule has 2 unspecified atom stereocenters. The van der Waals surface area contributed by atoms with Gasteiger partial charge in [0.05, 0.1) is 6.04 Å². The Hall–Kier alpha value is -0.870. The lowest BCUT2D eigenvalue weighted by atomic mass is 9.99. The van der Waals surface area contributed by atoms with Gasteiger partial charge in [-0.15, -0.1) is 0 Å². The van der Waals surface area contributed by atoms with Crippen LogP contribution in [0.25, 0.3) is 0 Å². The first-order valence-corrected chi connectivity index (χ1v) is 7.15. The average molecular weight is 311 g/mol. The Morgan fingerprint density at radius 2 is 2.22 bits per heavy atom. The molecule has 0 saturated carbocycles. The molecule has 2 atom stereocenters. The van der Waals surface area contributed by atoms with E-state index in [1.807, 2.05) is 4.90 Å². The summed E-state index contributed by atoms with van der Waals surface area (Å²) in [4.78, 5) is 13.9. The Bertz CT molecular complexity index is 461. The maximum Gasteiger partial charge on any atom is 0.224 e. The Morgan fingerprint density at radius 3 is 2.83 bits per heavy atom. The normalized spacial score (nSPS) is 23.8. The van der Waals surface area contributed by atoms with Gasteiger partial charge in [-0.25, -0.2) is 0 Å². The first-order valence-electron chi connectivity index (χ1n) is 6.35. The van der Waals surface area contributed by atoms with Crippen molar-refractivity contribution < 1.29 is 4.79 Å². The Kier molecular flexibility index (Phi) is 4.07. The Balaban J connectivity index is 2.34. The maximum atomic E-state index is 11.9. The number of halogens is 1. The van der Waals surface area contributed by atoms with Gasteiger partial charge in [-0.05, 0) is 30.5 Å². The smallest absolute Gasteiger partial charge is 0.224 e. The van der Waals surface area contributed by atoms with Crippen molar-refractivity contribution in [3.8, 4) is 0 Å². The second-order valence-electron chi connectivity index (χ2n) is 4.91. The molecule has 98 valence electrons. The zero-order valence-electron chi connectivity index (χ0n) is 10.8. The van der Waals surface area contributed by atoms with Crippen LogP contribution in [0.3, 0.4) is 0 Å². The molecule has 4 heteroatoms. The third kappa shape index (κ3) is 2.45. The van der Waals surface area contributed by atoms with Crippen LogP contribution in [0.1, 0.15) is 36.9 Å². The van der Waals surface area contributed by atoms with Gasteiger partial charge in [-0.1, -0.05) is 35.0 Å². The Morgan fingerprint density at radius 1 is 1.50 bits per heavy atom. The van der Waals surface area contributed by atoms with E-state index in [2.05, 4.69) is 48.0 Å². The van der Waals surface area contributed by atoms with Gasteiger partial charge in [0, 0.05) is 23.5 Å². The lowest BCUT2D eigenvalue weighted by Gasteiger charge is -2.27. The fourth-order valence-electron chi connectivity index (χ4n) is 2.54. The quantitative estimate of drug-likeness (QED) is 0.933. The summed E-state index contributed by atoms with van der Waals surface area (Å²) in [6.07, 6.45) is 1.41. The van der Waals surface area contributed by atoms with Gasteiger partial charge in [0.25, 0.3) is 0 Å². The lowest BCUT2D eigenvalue weighted by molar-refractivity contribution is -0.129. The van der Waals surface area contributed by atoms with Crippen molar-refractivity contribution in [1.82, 2.24) is 4.90 Å². The molecule has 1 amide bonds. The third-order valence-corrected chi connectivity index (χ3v) is 4.33. The van der Waals surface area contributed by atoms with E-state index in [0.29, 0.717) is 6.42 Å². The van der Waals surface area contributed by atoms with Crippen LogP contribution in [0, 0.1) is 6.92 Å². The van der Waals surface area contributed by atoms with Gasteiger partial charge < -0.3 is 10.6 Å². The number of carbonyl (C=O) groups is 1. The fraction of sp³-hybridized carbons (Fsp3) is 0.500. The van der Waals surface area contributed by atoms with Crippen molar-refractivity contribution in [2.45, 2.75) is 38.8 Å². The highest BCUT2D eigenvalue weighted by Gasteiger charge is 2.37. The number of hydrogen-bond acceptors (Lipinski definition) is 2. The standard InChI is InChI=1S/C14H19BrN2O/c1-3-6-17-13(18)8-12(16)14(17)10-5-4-9(2)11(15)7-10/h4-5,7,12,14H,3,6,8,16H2,1-2H3. The Labute approximate surface area is 116 Å². The molecule has 0 aromatic heterocycles. The zero-order chi connectivity index (χ0) is 13.3. The van der Waals surface area contributed by atoms with Crippen molar-refractivity contribution in [2.75, 3.05) is 6.54 Å². The van der Waals surface area contributed by atoms with Gasteiger partial charge in [-0.3, -0.25) is 4.79 Å². The second-order valence-corrected chi connectivity index (χ2v) is 5.76. The van der Waals surface area contributed by atoms with Gasteiger partial charge >= 0.3 is 0 Å². The first-order chi connectivity index (χ1) is 8.54. The number of likely N-dealkylation sites (tertiary alicyclic amines) is 1. The number of nitrogens with two attached hydrogens (primary N) is 1. The molecule has 0 bridgehead atoms. The minimum atomic E-state index is -0.0985. The van der Waals surface area contributed by atoms with Crippen LogP contribution in [-0.2, 0) is 4.79 Å². The minimum absolute atomic E-state index is 0.0225. The summed E-state index contributed by atoms with van der Waals surface area (Å²) < 4.78 is 1.07. The van der Waals surface area contributed by atoms with Crippen LogP contribution in [0.4, 0.5) is 0 Å². The van der Waals surface area contributed by atoms with Crippen LogP contribution >= 0.6 is 15.9 Å². The summed E-state index contributed by atoms with van der Waals surface area (Å²) in [5.74, 6) is 0.172. The molecule has 1 aromatic rings. The molecular weight excluding hydrogens is 292 g/mol. The number of hydrogen-bond donors (Lipinski definition) is 1. The average Bonchev–Trinajstić information content (AvgIpc) is 2.59. The van der Waals surface area contributed by atoms with Gasteiger partial charge in [0.15, 0.2) is 0 Å². The molecule has 3 nitrogen and oxygen atoms in total. The van der Waals surface area contributed by atoms with Crippen LogP contribution in [0.15, 0.2) is 22.7 Å². The molecule has 1 saturated heterocycles. The van der Waals surface area contributed by atoms with E-state index in [0.717, 1.165) is 23.0 Å². The van der Waals surface area contributed by atoms with E-state index >= 15 is 0 Å². The summed E-state index contributed by atoms with van der Waals surface area (Å²) >= 11 is 3.54. The van der Waals surface area contributed by atoms with E-state index in [-0.39, 0.29) is 18.0 Å². The maximum absolute atomic E-state index is 11.9. The topological polar surface area (TPSA) is 46.3 Å². The summed E-state index contributed by atoms with van der Waals surface area (Å²) in [7, 11) is 0. The highest BCUT2D eigenvalue weighted by Crippen LogP contribution is 2.34. The molecule has 18 heavy (non-hydrogen) atoms. The van der Waals surface area contributed by atoms with Gasteiger partial charge in [0.2, 0.25) is 5.91 Å². The predicted octanol–water partition coefficient (Wildman–Crippen LogP) is 2.77. The van der Waals surface area contributed by atoms with Crippen molar-refractivity contribution in [3.63, 3.8) is 0 Å². The van der Waals surface area contributed by atoms with Crippen molar-refractivity contribution >= 4 is 21.8 Å². The molecule has 1 aliphatic rings. The monoisotopic (exact) mass is 310 g/mol. The summed E-state index contributed by atoms with van der Waals surface area (Å²) in [5.41, 5.74) is 8.45.